The van der Waals surface area contributed by atoms with E-state index in [1.54, 1.807) is 36.2 Å². The van der Waals surface area contributed by atoms with E-state index in [1.165, 1.54) is 18.4 Å². The third kappa shape index (κ3) is 6.07. The molecule has 2 rings (SSSR count). The first-order chi connectivity index (χ1) is 12.3. The molecule has 0 aliphatic carbocycles. The Balaban J connectivity index is 1.73. The van der Waals surface area contributed by atoms with E-state index in [1.807, 2.05) is 12.1 Å². The lowest BCUT2D eigenvalue weighted by molar-refractivity contribution is -0.129. The normalized spacial score (nSPS) is 11.2. The van der Waals surface area contributed by atoms with Crippen molar-refractivity contribution in [3.05, 3.63) is 54.1 Å². The monoisotopic (exact) mass is 376 g/mol. The van der Waals surface area contributed by atoms with Crippen LogP contribution in [0.2, 0.25) is 0 Å². The van der Waals surface area contributed by atoms with Gasteiger partial charge in [-0.1, -0.05) is 12.1 Å². The molecule has 0 saturated carbocycles. The zero-order valence-corrected chi connectivity index (χ0v) is 15.8. The first-order valence-electron chi connectivity index (χ1n) is 8.27. The van der Waals surface area contributed by atoms with Crippen molar-refractivity contribution in [3.63, 3.8) is 0 Å². The maximum absolute atomic E-state index is 12.2. The van der Waals surface area contributed by atoms with Crippen LogP contribution in [0.5, 0.6) is 5.75 Å². The van der Waals surface area contributed by atoms with Crippen LogP contribution >= 0.6 is 0 Å². The maximum Gasteiger partial charge on any atom is 0.226 e. The van der Waals surface area contributed by atoms with Crippen molar-refractivity contribution in [2.75, 3.05) is 32.2 Å². The molecule has 0 aromatic heterocycles. The number of benzene rings is 2. The number of hydrogen-bond donors (Lipinski definition) is 1. The Labute approximate surface area is 154 Å². The summed E-state index contributed by atoms with van der Waals surface area (Å²) < 4.78 is 28.4. The van der Waals surface area contributed by atoms with Gasteiger partial charge >= 0.3 is 0 Å². The average molecular weight is 376 g/mol. The second kappa shape index (κ2) is 8.71. The van der Waals surface area contributed by atoms with Gasteiger partial charge in [-0.3, -0.25) is 4.79 Å². The van der Waals surface area contributed by atoms with E-state index < -0.39 is 9.84 Å². The van der Waals surface area contributed by atoms with Crippen LogP contribution in [-0.2, 0) is 21.1 Å². The zero-order chi connectivity index (χ0) is 19.2. The molecule has 0 aliphatic rings. The molecule has 0 heterocycles. The Hall–Kier alpha value is -2.54. The molecule has 0 aliphatic heterocycles. The standard InChI is InChI=1S/C19H24N2O4S/c1-21(19(22)14-15-4-6-16(20)7-5-15)12-3-13-25-17-8-10-18(11-9-17)26(2,23)24/h4-11H,3,12-14,20H2,1-2H3. The van der Waals surface area contributed by atoms with E-state index in [4.69, 9.17) is 10.5 Å². The molecular weight excluding hydrogens is 352 g/mol. The minimum Gasteiger partial charge on any atom is -0.494 e. The summed E-state index contributed by atoms with van der Waals surface area (Å²) in [6, 6.07) is 13.6. The molecular formula is C19H24N2O4S. The van der Waals surface area contributed by atoms with Gasteiger partial charge < -0.3 is 15.4 Å². The molecule has 0 spiro atoms. The van der Waals surface area contributed by atoms with Crippen LogP contribution in [0.15, 0.2) is 53.4 Å². The molecule has 2 aromatic carbocycles. The minimum absolute atomic E-state index is 0.0345. The molecule has 0 atom stereocenters. The number of ether oxygens (including phenoxy) is 1. The molecule has 26 heavy (non-hydrogen) atoms. The number of nitrogen functional groups attached to an aromatic ring is 1. The van der Waals surface area contributed by atoms with Gasteiger partial charge in [0, 0.05) is 25.5 Å². The molecule has 7 heteroatoms. The Bertz CT molecular complexity index is 831. The van der Waals surface area contributed by atoms with Crippen LogP contribution in [-0.4, -0.2) is 45.7 Å². The number of rotatable bonds is 8. The smallest absolute Gasteiger partial charge is 0.226 e. The zero-order valence-electron chi connectivity index (χ0n) is 15.0. The second-order valence-electron chi connectivity index (χ2n) is 6.18. The van der Waals surface area contributed by atoms with Crippen molar-refractivity contribution in [2.45, 2.75) is 17.7 Å². The largest absolute Gasteiger partial charge is 0.494 e. The van der Waals surface area contributed by atoms with Gasteiger partial charge in [0.1, 0.15) is 5.75 Å². The number of nitrogens with two attached hydrogens (primary N) is 1. The highest BCUT2D eigenvalue weighted by atomic mass is 32.2. The van der Waals surface area contributed by atoms with Crippen molar-refractivity contribution in [1.82, 2.24) is 4.90 Å². The maximum atomic E-state index is 12.2. The van der Waals surface area contributed by atoms with E-state index in [0.29, 0.717) is 37.4 Å². The number of amides is 1. The Morgan fingerprint density at radius 2 is 1.69 bits per heavy atom. The average Bonchev–Trinajstić information content (AvgIpc) is 2.60. The van der Waals surface area contributed by atoms with E-state index in [0.717, 1.165) is 5.56 Å². The van der Waals surface area contributed by atoms with Crippen LogP contribution in [0.3, 0.4) is 0 Å². The van der Waals surface area contributed by atoms with Crippen LogP contribution in [0.1, 0.15) is 12.0 Å². The van der Waals surface area contributed by atoms with Crippen molar-refractivity contribution in [2.24, 2.45) is 0 Å². The number of likely N-dealkylation sites (N-methyl/N-ethyl adjacent to an activating group) is 1. The molecule has 0 saturated heterocycles. The summed E-state index contributed by atoms with van der Waals surface area (Å²) >= 11 is 0. The lowest BCUT2D eigenvalue weighted by atomic mass is 10.1. The number of hydrogen-bond acceptors (Lipinski definition) is 5. The molecule has 1 amide bonds. The van der Waals surface area contributed by atoms with Crippen LogP contribution in [0.25, 0.3) is 0 Å². The van der Waals surface area contributed by atoms with Gasteiger partial charge in [0.2, 0.25) is 5.91 Å². The first kappa shape index (κ1) is 19.8. The highest BCUT2D eigenvalue weighted by Gasteiger charge is 2.10. The van der Waals surface area contributed by atoms with Gasteiger partial charge in [-0.05, 0) is 48.4 Å². The predicted molar refractivity (Wildman–Crippen MR) is 102 cm³/mol. The predicted octanol–water partition coefficient (Wildman–Crippen LogP) is 2.14. The molecule has 0 unspecified atom stereocenters. The van der Waals surface area contributed by atoms with Gasteiger partial charge in [0.05, 0.1) is 17.9 Å². The minimum atomic E-state index is -3.20. The van der Waals surface area contributed by atoms with E-state index in [-0.39, 0.29) is 10.8 Å². The molecule has 0 bridgehead atoms. The van der Waals surface area contributed by atoms with Crippen molar-refractivity contribution in [3.8, 4) is 5.75 Å². The molecule has 2 aromatic rings. The summed E-state index contributed by atoms with van der Waals surface area (Å²) in [6.07, 6.45) is 2.18. The van der Waals surface area contributed by atoms with Crippen LogP contribution in [0, 0.1) is 0 Å². The van der Waals surface area contributed by atoms with Crippen molar-refractivity contribution >= 4 is 21.4 Å². The molecule has 140 valence electrons. The molecule has 2 N–H and O–H groups in total. The third-order valence-corrected chi connectivity index (χ3v) is 5.05. The summed E-state index contributed by atoms with van der Waals surface area (Å²) in [5.41, 5.74) is 7.24. The molecule has 0 fully saturated rings. The molecule has 6 nitrogen and oxygen atoms in total. The van der Waals surface area contributed by atoms with Crippen molar-refractivity contribution in [1.29, 1.82) is 0 Å². The fraction of sp³-hybridized carbons (Fsp3) is 0.316. The van der Waals surface area contributed by atoms with E-state index >= 15 is 0 Å². The number of nitrogens with zero attached hydrogens (tertiary/aromatic N) is 1. The Morgan fingerprint density at radius 1 is 1.08 bits per heavy atom. The number of anilines is 1. The summed E-state index contributed by atoms with van der Waals surface area (Å²) in [7, 11) is -1.44. The summed E-state index contributed by atoms with van der Waals surface area (Å²) in [6.45, 7) is 1.02. The van der Waals surface area contributed by atoms with Gasteiger partial charge in [-0.15, -0.1) is 0 Å². The number of carbonyl (C=O) groups excluding carboxylic acids is 1. The lowest BCUT2D eigenvalue weighted by Gasteiger charge is -2.17. The second-order valence-corrected chi connectivity index (χ2v) is 8.19. The van der Waals surface area contributed by atoms with E-state index in [2.05, 4.69) is 0 Å². The lowest BCUT2D eigenvalue weighted by Crippen LogP contribution is -2.30. The van der Waals surface area contributed by atoms with Crippen LogP contribution in [0.4, 0.5) is 5.69 Å². The van der Waals surface area contributed by atoms with Gasteiger partial charge in [-0.25, -0.2) is 8.42 Å². The molecule has 0 radical (unpaired) electrons. The SMILES string of the molecule is CN(CCCOc1ccc(S(C)(=O)=O)cc1)C(=O)Cc1ccc(N)cc1. The summed E-state index contributed by atoms with van der Waals surface area (Å²) in [5.74, 6) is 0.639. The topological polar surface area (TPSA) is 89.7 Å². The number of sulfone groups is 1. The summed E-state index contributed by atoms with van der Waals surface area (Å²) in [5, 5.41) is 0. The summed E-state index contributed by atoms with van der Waals surface area (Å²) in [4.78, 5) is 14.1. The third-order valence-electron chi connectivity index (χ3n) is 3.92. The fourth-order valence-electron chi connectivity index (χ4n) is 2.34. The number of carbonyl (C=O) groups is 1. The van der Waals surface area contributed by atoms with Gasteiger partial charge in [0.15, 0.2) is 9.84 Å². The van der Waals surface area contributed by atoms with Gasteiger partial charge in [-0.2, -0.15) is 0 Å². The first-order valence-corrected chi connectivity index (χ1v) is 10.2. The Kier molecular flexibility index (Phi) is 6.63. The van der Waals surface area contributed by atoms with Crippen LogP contribution < -0.4 is 10.5 Å². The quantitative estimate of drug-likeness (QED) is 0.563. The highest BCUT2D eigenvalue weighted by Crippen LogP contribution is 2.16. The van der Waals surface area contributed by atoms with Crippen molar-refractivity contribution < 1.29 is 17.9 Å². The van der Waals surface area contributed by atoms with Gasteiger partial charge in [0.25, 0.3) is 0 Å². The van der Waals surface area contributed by atoms with E-state index in [9.17, 15) is 13.2 Å². The Morgan fingerprint density at radius 3 is 2.27 bits per heavy atom. The highest BCUT2D eigenvalue weighted by molar-refractivity contribution is 7.90. The fourth-order valence-corrected chi connectivity index (χ4v) is 2.98.